The first kappa shape index (κ1) is 19.8. The third-order valence-corrected chi connectivity index (χ3v) is 6.14. The zero-order valence-corrected chi connectivity index (χ0v) is 18.5. The Kier molecular flexibility index (Phi) is 5.80. The van der Waals surface area contributed by atoms with Crippen LogP contribution in [0.25, 0.3) is 10.2 Å². The number of pyridine rings is 1. The molecule has 0 unspecified atom stereocenters. The van der Waals surface area contributed by atoms with E-state index in [9.17, 15) is 4.79 Å². The number of methoxy groups -OCH3 is 1. The molecule has 2 aromatic heterocycles. The minimum absolute atomic E-state index is 0.250. The third-order valence-electron chi connectivity index (χ3n) is 4.27. The van der Waals surface area contributed by atoms with Gasteiger partial charge in [0.25, 0.3) is 5.91 Å². The minimum Gasteiger partial charge on any atom is -0.494 e. The third kappa shape index (κ3) is 4.12. The first-order chi connectivity index (χ1) is 14.1. The van der Waals surface area contributed by atoms with Crippen LogP contribution >= 0.6 is 38.9 Å². The van der Waals surface area contributed by atoms with Gasteiger partial charge < -0.3 is 4.74 Å². The lowest BCUT2D eigenvalue weighted by Crippen LogP contribution is -2.31. The zero-order chi connectivity index (χ0) is 20.4. The van der Waals surface area contributed by atoms with Crippen LogP contribution in [0.4, 0.5) is 5.13 Å². The molecule has 146 valence electrons. The number of fused-ring (bicyclic) bond motifs is 1. The smallest absolute Gasteiger partial charge is 0.261 e. The van der Waals surface area contributed by atoms with E-state index in [1.54, 1.807) is 36.4 Å². The molecule has 0 atom stereocenters. The van der Waals surface area contributed by atoms with Gasteiger partial charge in [-0.15, -0.1) is 0 Å². The van der Waals surface area contributed by atoms with E-state index in [0.29, 0.717) is 27.0 Å². The van der Waals surface area contributed by atoms with Crippen LogP contribution in [0.3, 0.4) is 0 Å². The van der Waals surface area contributed by atoms with Gasteiger partial charge in [0.2, 0.25) is 0 Å². The zero-order valence-electron chi connectivity index (χ0n) is 15.3. The Hall–Kier alpha value is -2.48. The number of thiazole rings is 1. The summed E-state index contributed by atoms with van der Waals surface area (Å²) in [5.41, 5.74) is 1.86. The Labute approximate surface area is 185 Å². The van der Waals surface area contributed by atoms with Gasteiger partial charge >= 0.3 is 0 Å². The maximum absolute atomic E-state index is 13.5. The normalized spacial score (nSPS) is 10.9. The summed E-state index contributed by atoms with van der Waals surface area (Å²) in [5, 5.41) is 0.930. The largest absolute Gasteiger partial charge is 0.494 e. The number of amides is 1. The van der Waals surface area contributed by atoms with E-state index in [1.807, 2.05) is 36.4 Å². The lowest BCUT2D eigenvalue weighted by Gasteiger charge is -2.20. The predicted octanol–water partition coefficient (Wildman–Crippen LogP) is 5.96. The number of carbonyl (C=O) groups is 1. The number of halogens is 2. The van der Waals surface area contributed by atoms with Crippen LogP contribution in [0.5, 0.6) is 5.75 Å². The molecule has 0 fully saturated rings. The number of benzene rings is 2. The molecule has 4 aromatic rings. The van der Waals surface area contributed by atoms with Gasteiger partial charge in [0.1, 0.15) is 11.3 Å². The fourth-order valence-electron chi connectivity index (χ4n) is 2.88. The van der Waals surface area contributed by atoms with E-state index in [0.717, 1.165) is 14.9 Å². The van der Waals surface area contributed by atoms with Crippen LogP contribution in [-0.2, 0) is 6.54 Å². The van der Waals surface area contributed by atoms with Crippen LogP contribution in [0.1, 0.15) is 16.1 Å². The van der Waals surface area contributed by atoms with Crippen molar-refractivity contribution in [3.05, 3.63) is 81.5 Å². The van der Waals surface area contributed by atoms with Crippen LogP contribution in [0.15, 0.2) is 65.3 Å². The SMILES string of the molecule is COc1cccc2sc(N(Cc3ccccn3)C(=O)c3cc(Br)ccc3Cl)nc12. The number of nitrogens with zero attached hydrogens (tertiary/aromatic N) is 3. The molecular weight excluding hydrogens is 474 g/mol. The summed E-state index contributed by atoms with van der Waals surface area (Å²) in [4.78, 5) is 24.1. The Morgan fingerprint density at radius 2 is 2.07 bits per heavy atom. The molecule has 0 aliphatic carbocycles. The molecule has 1 amide bonds. The second-order valence-electron chi connectivity index (χ2n) is 6.14. The number of carbonyl (C=O) groups excluding carboxylic acids is 1. The van der Waals surface area contributed by atoms with Crippen molar-refractivity contribution in [2.75, 3.05) is 12.0 Å². The van der Waals surface area contributed by atoms with E-state index >= 15 is 0 Å². The maximum Gasteiger partial charge on any atom is 0.261 e. The van der Waals surface area contributed by atoms with E-state index in [2.05, 4.69) is 20.9 Å². The van der Waals surface area contributed by atoms with Gasteiger partial charge in [-0.25, -0.2) is 4.98 Å². The van der Waals surface area contributed by atoms with E-state index in [-0.39, 0.29) is 12.5 Å². The highest BCUT2D eigenvalue weighted by Gasteiger charge is 2.25. The van der Waals surface area contributed by atoms with Gasteiger partial charge in [-0.1, -0.05) is 51.0 Å². The molecule has 29 heavy (non-hydrogen) atoms. The van der Waals surface area contributed by atoms with Gasteiger partial charge in [-0.2, -0.15) is 0 Å². The van der Waals surface area contributed by atoms with E-state index in [4.69, 9.17) is 21.3 Å². The molecule has 4 rings (SSSR count). The fraction of sp³-hybridized carbons (Fsp3) is 0.0952. The molecule has 0 saturated carbocycles. The number of para-hydroxylation sites is 1. The lowest BCUT2D eigenvalue weighted by molar-refractivity contribution is 0.0985. The van der Waals surface area contributed by atoms with Crippen molar-refractivity contribution in [1.29, 1.82) is 0 Å². The fourth-order valence-corrected chi connectivity index (χ4v) is 4.42. The molecule has 0 aliphatic heterocycles. The summed E-state index contributed by atoms with van der Waals surface area (Å²) in [6, 6.07) is 16.5. The average Bonchev–Trinajstić information content (AvgIpc) is 3.18. The number of rotatable bonds is 5. The summed E-state index contributed by atoms with van der Waals surface area (Å²) in [6.07, 6.45) is 1.70. The molecule has 2 heterocycles. The number of hydrogen-bond acceptors (Lipinski definition) is 5. The summed E-state index contributed by atoms with van der Waals surface area (Å²) in [5.74, 6) is 0.413. The quantitative estimate of drug-likeness (QED) is 0.348. The Morgan fingerprint density at radius 3 is 2.83 bits per heavy atom. The van der Waals surface area contributed by atoms with E-state index in [1.165, 1.54) is 11.3 Å². The highest BCUT2D eigenvalue weighted by Crippen LogP contribution is 2.36. The Bertz CT molecular complexity index is 1180. The number of ether oxygens (including phenoxy) is 1. The average molecular weight is 489 g/mol. The Balaban J connectivity index is 1.82. The summed E-state index contributed by atoms with van der Waals surface area (Å²) >= 11 is 11.2. The molecule has 0 saturated heterocycles. The van der Waals surface area contributed by atoms with Crippen LogP contribution < -0.4 is 9.64 Å². The van der Waals surface area contributed by atoms with Crippen LogP contribution in [0, 0.1) is 0 Å². The summed E-state index contributed by atoms with van der Waals surface area (Å²) in [6.45, 7) is 0.269. The molecule has 0 radical (unpaired) electrons. The maximum atomic E-state index is 13.5. The van der Waals surface area contributed by atoms with Crippen molar-refractivity contribution in [2.45, 2.75) is 6.54 Å². The first-order valence-electron chi connectivity index (χ1n) is 8.67. The van der Waals surface area contributed by atoms with Crippen molar-refractivity contribution in [1.82, 2.24) is 9.97 Å². The highest BCUT2D eigenvalue weighted by atomic mass is 79.9. The molecule has 2 aromatic carbocycles. The molecule has 0 spiro atoms. The monoisotopic (exact) mass is 487 g/mol. The Morgan fingerprint density at radius 1 is 1.21 bits per heavy atom. The summed E-state index contributed by atoms with van der Waals surface area (Å²) in [7, 11) is 1.60. The van der Waals surface area contributed by atoms with Gasteiger partial charge in [-0.3, -0.25) is 14.7 Å². The number of hydrogen-bond donors (Lipinski definition) is 0. The predicted molar refractivity (Wildman–Crippen MR) is 120 cm³/mol. The van der Waals surface area contributed by atoms with Crippen molar-refractivity contribution < 1.29 is 9.53 Å². The second-order valence-corrected chi connectivity index (χ2v) is 8.47. The van der Waals surface area contributed by atoms with Crippen molar-refractivity contribution in [3.8, 4) is 5.75 Å². The molecule has 0 aliphatic rings. The van der Waals surface area contributed by atoms with Crippen molar-refractivity contribution in [2.24, 2.45) is 0 Å². The van der Waals surface area contributed by atoms with Gasteiger partial charge in [0.05, 0.1) is 34.6 Å². The van der Waals surface area contributed by atoms with E-state index < -0.39 is 0 Å². The van der Waals surface area contributed by atoms with Crippen LogP contribution in [-0.4, -0.2) is 23.0 Å². The van der Waals surface area contributed by atoms with Crippen LogP contribution in [0.2, 0.25) is 5.02 Å². The number of anilines is 1. The van der Waals surface area contributed by atoms with Gasteiger partial charge in [0, 0.05) is 10.7 Å². The summed E-state index contributed by atoms with van der Waals surface area (Å²) < 4.78 is 7.12. The highest BCUT2D eigenvalue weighted by molar-refractivity contribution is 9.10. The first-order valence-corrected chi connectivity index (χ1v) is 10.7. The molecule has 0 bridgehead atoms. The van der Waals surface area contributed by atoms with Gasteiger partial charge in [-0.05, 0) is 42.5 Å². The van der Waals surface area contributed by atoms with Crippen molar-refractivity contribution >= 4 is 60.1 Å². The number of aromatic nitrogens is 2. The molecule has 5 nitrogen and oxygen atoms in total. The van der Waals surface area contributed by atoms with Crippen molar-refractivity contribution in [3.63, 3.8) is 0 Å². The van der Waals surface area contributed by atoms with Gasteiger partial charge in [0.15, 0.2) is 5.13 Å². The molecule has 0 N–H and O–H groups in total. The standard InChI is InChI=1S/C21H15BrClN3O2S/c1-28-17-6-4-7-18-19(17)25-21(29-18)26(12-14-5-2-3-10-24-14)20(27)15-11-13(22)8-9-16(15)23/h2-11H,12H2,1H3. The lowest BCUT2D eigenvalue weighted by atomic mass is 10.2. The minimum atomic E-state index is -0.250. The second kappa shape index (κ2) is 8.49. The molecular formula is C21H15BrClN3O2S. The molecule has 8 heteroatoms. The topological polar surface area (TPSA) is 55.3 Å².